The van der Waals surface area contributed by atoms with Crippen molar-refractivity contribution in [1.82, 2.24) is 0 Å². The fraction of sp³-hybridized carbons (Fsp3) is 0.217. The molecule has 148 valence electrons. The van der Waals surface area contributed by atoms with Gasteiger partial charge in [-0.3, -0.25) is 4.79 Å². The average molecular weight is 426 g/mol. The fourth-order valence-corrected chi connectivity index (χ4v) is 4.64. The standard InChI is InChI=1S/C23H20ClNO3S/c24-18-12-5-4-9-17(18)14-25(22(26)16-10-6-11-16)19-13-20(29-21(19)23(27)28)15-7-2-1-3-8-15/h1-5,7-9,12-13,16H,6,10-11,14H2,(H,27,28). The molecule has 3 aromatic rings. The largest absolute Gasteiger partial charge is 0.477 e. The molecule has 0 unspecified atom stereocenters. The zero-order chi connectivity index (χ0) is 20.4. The number of halogens is 1. The molecule has 1 fully saturated rings. The van der Waals surface area contributed by atoms with E-state index in [-0.39, 0.29) is 23.2 Å². The summed E-state index contributed by atoms with van der Waals surface area (Å²) in [6.07, 6.45) is 2.72. The molecule has 1 aromatic heterocycles. The summed E-state index contributed by atoms with van der Waals surface area (Å²) in [4.78, 5) is 27.9. The van der Waals surface area contributed by atoms with Gasteiger partial charge < -0.3 is 10.0 Å². The number of nitrogens with zero attached hydrogens (tertiary/aromatic N) is 1. The topological polar surface area (TPSA) is 57.6 Å². The molecule has 1 aliphatic carbocycles. The Morgan fingerprint density at radius 1 is 1.07 bits per heavy atom. The van der Waals surface area contributed by atoms with E-state index < -0.39 is 5.97 Å². The predicted octanol–water partition coefficient (Wildman–Crippen LogP) is 6.10. The summed E-state index contributed by atoms with van der Waals surface area (Å²) in [5.74, 6) is -1.12. The first-order valence-corrected chi connectivity index (χ1v) is 10.7. The third-order valence-corrected chi connectivity index (χ3v) is 6.79. The molecule has 0 radical (unpaired) electrons. The molecule has 1 saturated carbocycles. The highest BCUT2D eigenvalue weighted by molar-refractivity contribution is 7.18. The van der Waals surface area contributed by atoms with Gasteiger partial charge in [-0.1, -0.05) is 66.6 Å². The summed E-state index contributed by atoms with van der Waals surface area (Å²) in [7, 11) is 0. The Hall–Kier alpha value is -2.63. The molecule has 1 N–H and O–H groups in total. The van der Waals surface area contributed by atoms with Gasteiger partial charge in [0.1, 0.15) is 4.88 Å². The summed E-state index contributed by atoms with van der Waals surface area (Å²) in [6, 6.07) is 18.8. The molecule has 4 nitrogen and oxygen atoms in total. The maximum Gasteiger partial charge on any atom is 0.348 e. The van der Waals surface area contributed by atoms with Crippen molar-refractivity contribution in [3.05, 3.63) is 76.1 Å². The van der Waals surface area contributed by atoms with Crippen molar-refractivity contribution in [3.8, 4) is 10.4 Å². The minimum Gasteiger partial charge on any atom is -0.477 e. The van der Waals surface area contributed by atoms with Crippen molar-refractivity contribution in [3.63, 3.8) is 0 Å². The fourth-order valence-electron chi connectivity index (χ4n) is 3.43. The first kappa shape index (κ1) is 19.7. The molecule has 0 aliphatic heterocycles. The van der Waals surface area contributed by atoms with E-state index in [2.05, 4.69) is 0 Å². The van der Waals surface area contributed by atoms with Crippen LogP contribution in [0.3, 0.4) is 0 Å². The van der Waals surface area contributed by atoms with Crippen LogP contribution in [-0.2, 0) is 11.3 Å². The number of benzene rings is 2. The van der Waals surface area contributed by atoms with E-state index in [0.29, 0.717) is 10.7 Å². The molecule has 1 amide bonds. The van der Waals surface area contributed by atoms with E-state index in [1.54, 1.807) is 11.0 Å². The molecule has 0 spiro atoms. The number of carbonyl (C=O) groups excluding carboxylic acids is 1. The van der Waals surface area contributed by atoms with E-state index >= 15 is 0 Å². The number of hydrogen-bond donors (Lipinski definition) is 1. The number of thiophene rings is 1. The zero-order valence-corrected chi connectivity index (χ0v) is 17.2. The van der Waals surface area contributed by atoms with Crippen LogP contribution in [0.25, 0.3) is 10.4 Å². The third-order valence-electron chi connectivity index (χ3n) is 5.26. The number of carboxylic acid groups (broad SMARTS) is 1. The van der Waals surface area contributed by atoms with Crippen molar-refractivity contribution in [2.24, 2.45) is 5.92 Å². The van der Waals surface area contributed by atoms with Gasteiger partial charge in [-0.25, -0.2) is 4.79 Å². The minimum atomic E-state index is -1.03. The Morgan fingerprint density at radius 2 is 1.76 bits per heavy atom. The second kappa shape index (κ2) is 8.39. The van der Waals surface area contributed by atoms with Gasteiger partial charge >= 0.3 is 5.97 Å². The summed E-state index contributed by atoms with van der Waals surface area (Å²) < 4.78 is 0. The van der Waals surface area contributed by atoms with Gasteiger partial charge in [0.05, 0.1) is 12.2 Å². The molecule has 1 heterocycles. The lowest BCUT2D eigenvalue weighted by Gasteiger charge is -2.32. The van der Waals surface area contributed by atoms with Crippen LogP contribution in [0.5, 0.6) is 0 Å². The van der Waals surface area contributed by atoms with Gasteiger partial charge in [0.25, 0.3) is 0 Å². The van der Waals surface area contributed by atoms with Gasteiger partial charge in [-0.2, -0.15) is 0 Å². The van der Waals surface area contributed by atoms with Crippen LogP contribution < -0.4 is 4.90 Å². The van der Waals surface area contributed by atoms with E-state index in [1.807, 2.05) is 54.6 Å². The van der Waals surface area contributed by atoms with Gasteiger partial charge in [0, 0.05) is 15.8 Å². The van der Waals surface area contributed by atoms with Crippen LogP contribution in [-0.4, -0.2) is 17.0 Å². The Bertz CT molecular complexity index is 1040. The molecule has 0 saturated heterocycles. The molecule has 1 aliphatic rings. The number of rotatable bonds is 6. The summed E-state index contributed by atoms with van der Waals surface area (Å²) in [5.41, 5.74) is 2.17. The maximum absolute atomic E-state index is 13.3. The van der Waals surface area contributed by atoms with E-state index in [1.165, 1.54) is 11.3 Å². The van der Waals surface area contributed by atoms with Crippen LogP contribution >= 0.6 is 22.9 Å². The second-order valence-corrected chi connectivity index (χ2v) is 8.60. The zero-order valence-electron chi connectivity index (χ0n) is 15.7. The molecule has 29 heavy (non-hydrogen) atoms. The highest BCUT2D eigenvalue weighted by Crippen LogP contribution is 2.40. The molecule has 6 heteroatoms. The van der Waals surface area contributed by atoms with Gasteiger partial charge in [-0.15, -0.1) is 11.3 Å². The van der Waals surface area contributed by atoms with Crippen molar-refractivity contribution in [2.45, 2.75) is 25.8 Å². The third kappa shape index (κ3) is 4.07. The molecule has 0 bridgehead atoms. The highest BCUT2D eigenvalue weighted by Gasteiger charge is 2.33. The van der Waals surface area contributed by atoms with E-state index in [4.69, 9.17) is 11.6 Å². The lowest BCUT2D eigenvalue weighted by atomic mass is 9.84. The molecule has 0 atom stereocenters. The number of aromatic carboxylic acids is 1. The first-order chi connectivity index (χ1) is 14.0. The van der Waals surface area contributed by atoms with Crippen LogP contribution in [0.15, 0.2) is 60.7 Å². The smallest absolute Gasteiger partial charge is 0.348 e. The number of anilines is 1. The monoisotopic (exact) mass is 425 g/mol. The molecular weight excluding hydrogens is 406 g/mol. The van der Waals surface area contributed by atoms with Crippen molar-refractivity contribution in [1.29, 1.82) is 0 Å². The van der Waals surface area contributed by atoms with Gasteiger partial charge in [-0.05, 0) is 36.1 Å². The Labute approximate surface area is 178 Å². The quantitative estimate of drug-likeness (QED) is 0.519. The molecule has 2 aromatic carbocycles. The lowest BCUT2D eigenvalue weighted by Crippen LogP contribution is -2.39. The summed E-state index contributed by atoms with van der Waals surface area (Å²) in [5, 5.41) is 10.4. The second-order valence-electron chi connectivity index (χ2n) is 7.14. The number of amides is 1. The van der Waals surface area contributed by atoms with Crippen LogP contribution in [0, 0.1) is 5.92 Å². The normalized spacial score (nSPS) is 13.7. The first-order valence-electron chi connectivity index (χ1n) is 9.52. The Kier molecular flexibility index (Phi) is 5.69. The van der Waals surface area contributed by atoms with Crippen LogP contribution in [0.1, 0.15) is 34.5 Å². The SMILES string of the molecule is O=C(O)c1sc(-c2ccccc2)cc1N(Cc1ccccc1Cl)C(=O)C1CCC1. The van der Waals surface area contributed by atoms with E-state index in [0.717, 1.165) is 35.3 Å². The maximum atomic E-state index is 13.3. The van der Waals surface area contributed by atoms with Crippen molar-refractivity contribution < 1.29 is 14.7 Å². The predicted molar refractivity (Wildman–Crippen MR) is 117 cm³/mol. The van der Waals surface area contributed by atoms with Gasteiger partial charge in [0.15, 0.2) is 0 Å². The lowest BCUT2D eigenvalue weighted by molar-refractivity contribution is -0.124. The summed E-state index contributed by atoms with van der Waals surface area (Å²) in [6.45, 7) is 0.250. The Balaban J connectivity index is 1.79. The minimum absolute atomic E-state index is 0.0314. The summed E-state index contributed by atoms with van der Waals surface area (Å²) >= 11 is 7.53. The molecule has 4 rings (SSSR count). The highest BCUT2D eigenvalue weighted by atomic mass is 35.5. The van der Waals surface area contributed by atoms with E-state index in [9.17, 15) is 14.7 Å². The van der Waals surface area contributed by atoms with Crippen molar-refractivity contribution >= 4 is 40.5 Å². The van der Waals surface area contributed by atoms with Crippen LogP contribution in [0.2, 0.25) is 5.02 Å². The van der Waals surface area contributed by atoms with Crippen molar-refractivity contribution in [2.75, 3.05) is 4.90 Å². The van der Waals surface area contributed by atoms with Crippen LogP contribution in [0.4, 0.5) is 5.69 Å². The Morgan fingerprint density at radius 3 is 2.38 bits per heavy atom. The number of hydrogen-bond acceptors (Lipinski definition) is 3. The average Bonchev–Trinajstić information content (AvgIpc) is 3.12. The van der Waals surface area contributed by atoms with Gasteiger partial charge in [0.2, 0.25) is 5.91 Å². The number of carbonyl (C=O) groups is 2. The number of carboxylic acids is 1. The molecular formula is C23H20ClNO3S.